The fourth-order valence-electron chi connectivity index (χ4n) is 3.83. The van der Waals surface area contributed by atoms with Crippen LogP contribution in [0.3, 0.4) is 0 Å². The van der Waals surface area contributed by atoms with Gasteiger partial charge in [-0.25, -0.2) is 0 Å². The summed E-state index contributed by atoms with van der Waals surface area (Å²) in [5.74, 6) is 0.440. The second-order valence-electron chi connectivity index (χ2n) is 7.03. The average molecular weight is 302 g/mol. The van der Waals surface area contributed by atoms with Crippen molar-refractivity contribution in [1.29, 1.82) is 0 Å². The van der Waals surface area contributed by atoms with Crippen molar-refractivity contribution < 1.29 is 5.11 Å². The first-order valence-corrected chi connectivity index (χ1v) is 9.00. The summed E-state index contributed by atoms with van der Waals surface area (Å²) in [6.07, 6.45) is 7.24. The quantitative estimate of drug-likeness (QED) is 0.874. The summed E-state index contributed by atoms with van der Waals surface area (Å²) in [6, 6.07) is 9.40. The van der Waals surface area contributed by atoms with Gasteiger partial charge in [0.25, 0.3) is 0 Å². The van der Waals surface area contributed by atoms with Crippen LogP contribution in [0.4, 0.5) is 5.69 Å². The first kappa shape index (κ1) is 15.8. The maximum atomic E-state index is 9.91. The van der Waals surface area contributed by atoms with Gasteiger partial charge in [0.2, 0.25) is 0 Å². The molecule has 2 aliphatic rings. The van der Waals surface area contributed by atoms with E-state index in [1.807, 2.05) is 0 Å². The highest BCUT2D eigenvalue weighted by molar-refractivity contribution is 5.48. The Morgan fingerprint density at radius 3 is 2.45 bits per heavy atom. The molecule has 1 saturated carbocycles. The summed E-state index contributed by atoms with van der Waals surface area (Å²) >= 11 is 0. The van der Waals surface area contributed by atoms with Crippen LogP contribution in [0.1, 0.15) is 57.1 Å². The minimum Gasteiger partial charge on any atom is -0.393 e. The SMILES string of the molecule is CC(NCC1CCCC1O)c1ccc(N2CCCCC2)cc1. The maximum Gasteiger partial charge on any atom is 0.0580 e. The fourth-order valence-corrected chi connectivity index (χ4v) is 3.83. The molecule has 0 spiro atoms. The summed E-state index contributed by atoms with van der Waals surface area (Å²) in [7, 11) is 0. The molecule has 1 aromatic carbocycles. The monoisotopic (exact) mass is 302 g/mol. The summed E-state index contributed by atoms with van der Waals surface area (Å²) < 4.78 is 0. The predicted molar refractivity (Wildman–Crippen MR) is 92.3 cm³/mol. The molecule has 2 fully saturated rings. The van der Waals surface area contributed by atoms with Crippen LogP contribution < -0.4 is 10.2 Å². The molecule has 0 radical (unpaired) electrons. The summed E-state index contributed by atoms with van der Waals surface area (Å²) in [6.45, 7) is 5.55. The predicted octanol–water partition coefficient (Wildman–Crippen LogP) is 3.49. The van der Waals surface area contributed by atoms with Crippen molar-refractivity contribution in [3.63, 3.8) is 0 Å². The van der Waals surface area contributed by atoms with Crippen LogP contribution in [0.25, 0.3) is 0 Å². The van der Waals surface area contributed by atoms with Gasteiger partial charge in [0.05, 0.1) is 6.10 Å². The molecule has 1 heterocycles. The number of aliphatic hydroxyl groups is 1. The molecule has 22 heavy (non-hydrogen) atoms. The third-order valence-electron chi connectivity index (χ3n) is 5.42. The van der Waals surface area contributed by atoms with E-state index in [0.717, 1.165) is 19.4 Å². The molecule has 3 atom stereocenters. The average Bonchev–Trinajstić information content (AvgIpc) is 2.99. The van der Waals surface area contributed by atoms with E-state index in [0.29, 0.717) is 12.0 Å². The van der Waals surface area contributed by atoms with Crippen LogP contribution in [0.2, 0.25) is 0 Å². The van der Waals surface area contributed by atoms with Gasteiger partial charge in [-0.3, -0.25) is 0 Å². The van der Waals surface area contributed by atoms with E-state index in [-0.39, 0.29) is 6.10 Å². The Morgan fingerprint density at radius 2 is 1.82 bits per heavy atom. The molecule has 1 saturated heterocycles. The Hall–Kier alpha value is -1.06. The van der Waals surface area contributed by atoms with Crippen molar-refractivity contribution in [3.05, 3.63) is 29.8 Å². The molecule has 3 nitrogen and oxygen atoms in total. The largest absolute Gasteiger partial charge is 0.393 e. The van der Waals surface area contributed by atoms with Crippen LogP contribution in [-0.4, -0.2) is 30.8 Å². The zero-order valence-corrected chi connectivity index (χ0v) is 13.8. The molecular formula is C19H30N2O. The molecule has 122 valence electrons. The number of hydrogen-bond acceptors (Lipinski definition) is 3. The van der Waals surface area contributed by atoms with E-state index in [1.165, 1.54) is 50.0 Å². The van der Waals surface area contributed by atoms with Crippen molar-refractivity contribution in [2.45, 2.75) is 57.6 Å². The summed E-state index contributed by atoms with van der Waals surface area (Å²) in [4.78, 5) is 2.50. The molecule has 3 unspecified atom stereocenters. The van der Waals surface area contributed by atoms with E-state index in [1.54, 1.807) is 0 Å². The Labute approximate surface area is 134 Å². The van der Waals surface area contributed by atoms with Crippen LogP contribution in [0.15, 0.2) is 24.3 Å². The van der Waals surface area contributed by atoms with Gasteiger partial charge in [-0.1, -0.05) is 18.6 Å². The molecule has 0 bridgehead atoms. The van der Waals surface area contributed by atoms with Crippen molar-refractivity contribution in [2.24, 2.45) is 5.92 Å². The number of nitrogens with one attached hydrogen (secondary N) is 1. The maximum absolute atomic E-state index is 9.91. The van der Waals surface area contributed by atoms with Gasteiger partial charge >= 0.3 is 0 Å². The molecular weight excluding hydrogens is 272 g/mol. The van der Waals surface area contributed by atoms with Crippen LogP contribution in [0.5, 0.6) is 0 Å². The fraction of sp³-hybridized carbons (Fsp3) is 0.684. The lowest BCUT2D eigenvalue weighted by atomic mass is 10.0. The normalized spacial score (nSPS) is 27.1. The van der Waals surface area contributed by atoms with Crippen LogP contribution >= 0.6 is 0 Å². The van der Waals surface area contributed by atoms with E-state index in [2.05, 4.69) is 41.4 Å². The second-order valence-corrected chi connectivity index (χ2v) is 7.03. The van der Waals surface area contributed by atoms with Gasteiger partial charge < -0.3 is 15.3 Å². The first-order chi connectivity index (χ1) is 10.7. The van der Waals surface area contributed by atoms with Crippen molar-refractivity contribution >= 4 is 5.69 Å². The third-order valence-corrected chi connectivity index (χ3v) is 5.42. The standard InChI is InChI=1S/C19H30N2O/c1-15(20-14-17-6-5-7-19(17)22)16-8-10-18(11-9-16)21-12-3-2-4-13-21/h8-11,15,17,19-20,22H,2-7,12-14H2,1H3. The second kappa shape index (κ2) is 7.47. The van der Waals surface area contributed by atoms with E-state index in [4.69, 9.17) is 0 Å². The van der Waals surface area contributed by atoms with Gasteiger partial charge in [0.1, 0.15) is 0 Å². The number of piperidine rings is 1. The molecule has 1 aliphatic heterocycles. The number of rotatable bonds is 5. The Kier molecular flexibility index (Phi) is 5.37. The highest BCUT2D eigenvalue weighted by Crippen LogP contribution is 2.26. The topological polar surface area (TPSA) is 35.5 Å². The minimum atomic E-state index is -0.0961. The van der Waals surface area contributed by atoms with E-state index < -0.39 is 0 Å². The Balaban J connectivity index is 1.52. The zero-order valence-electron chi connectivity index (χ0n) is 13.8. The molecule has 2 N–H and O–H groups in total. The molecule has 3 rings (SSSR count). The zero-order chi connectivity index (χ0) is 15.4. The number of anilines is 1. The lowest BCUT2D eigenvalue weighted by Gasteiger charge is -2.29. The first-order valence-electron chi connectivity index (χ1n) is 9.00. The van der Waals surface area contributed by atoms with Gasteiger partial charge in [0, 0.05) is 31.4 Å². The highest BCUT2D eigenvalue weighted by atomic mass is 16.3. The molecule has 0 aromatic heterocycles. The number of benzene rings is 1. The lowest BCUT2D eigenvalue weighted by molar-refractivity contribution is 0.130. The molecule has 1 aliphatic carbocycles. The smallest absolute Gasteiger partial charge is 0.0580 e. The Morgan fingerprint density at radius 1 is 1.09 bits per heavy atom. The van der Waals surface area contributed by atoms with Gasteiger partial charge in [-0.05, 0) is 62.6 Å². The van der Waals surface area contributed by atoms with Crippen molar-refractivity contribution in [2.75, 3.05) is 24.5 Å². The van der Waals surface area contributed by atoms with Gasteiger partial charge in [-0.15, -0.1) is 0 Å². The van der Waals surface area contributed by atoms with Crippen LogP contribution in [0, 0.1) is 5.92 Å². The summed E-state index contributed by atoms with van der Waals surface area (Å²) in [5, 5.41) is 13.5. The minimum absolute atomic E-state index is 0.0961. The van der Waals surface area contributed by atoms with E-state index in [9.17, 15) is 5.11 Å². The third kappa shape index (κ3) is 3.82. The van der Waals surface area contributed by atoms with Gasteiger partial charge in [-0.2, -0.15) is 0 Å². The number of hydrogen-bond donors (Lipinski definition) is 2. The van der Waals surface area contributed by atoms with Crippen LogP contribution in [-0.2, 0) is 0 Å². The van der Waals surface area contributed by atoms with Crippen molar-refractivity contribution in [1.82, 2.24) is 5.32 Å². The van der Waals surface area contributed by atoms with E-state index >= 15 is 0 Å². The number of nitrogens with zero attached hydrogens (tertiary/aromatic N) is 1. The highest BCUT2D eigenvalue weighted by Gasteiger charge is 2.25. The molecule has 1 aromatic rings. The number of aliphatic hydroxyl groups excluding tert-OH is 1. The summed E-state index contributed by atoms with van der Waals surface area (Å²) in [5.41, 5.74) is 2.70. The van der Waals surface area contributed by atoms with Gasteiger partial charge in [0.15, 0.2) is 0 Å². The Bertz CT molecular complexity index is 453. The molecule has 0 amide bonds. The molecule has 3 heteroatoms. The van der Waals surface area contributed by atoms with Crippen molar-refractivity contribution in [3.8, 4) is 0 Å². The lowest BCUT2D eigenvalue weighted by Crippen LogP contribution is -2.30.